The molecule has 5 rings (SSSR count). The first-order chi connectivity index (χ1) is 18.0. The Labute approximate surface area is 224 Å². The number of aromatic carboxylic acids is 1. The average molecular weight is 505 g/mol. The van der Waals surface area contributed by atoms with Gasteiger partial charge in [-0.25, -0.2) is 4.79 Å². The summed E-state index contributed by atoms with van der Waals surface area (Å²) >= 11 is 0. The highest BCUT2D eigenvalue weighted by atomic mass is 16.4. The first kappa shape index (κ1) is 25.4. The zero-order chi connectivity index (χ0) is 27.2. The summed E-state index contributed by atoms with van der Waals surface area (Å²) in [6.07, 6.45) is 9.93. The molecule has 0 radical (unpaired) electrons. The predicted molar refractivity (Wildman–Crippen MR) is 155 cm³/mol. The standard InChI is InChI=1S/C33H33N3O2/c1-32(2)24-11-7-9-13-27(24)35(5)29(32)19-16-22(26-18-15-23(21-34-26)31(37)38)17-20-30-33(3,4)25-12-8-10-14-28(25)36(30)6/h7-21H,1-6H3/p+1. The second kappa shape index (κ2) is 9.25. The second-order valence-corrected chi connectivity index (χ2v) is 11.0. The maximum absolute atomic E-state index is 11.4. The number of likely N-dealkylation sites (N-methyl/N-ethyl adjacent to an activating group) is 1. The van der Waals surface area contributed by atoms with Crippen molar-refractivity contribution >= 4 is 28.6 Å². The van der Waals surface area contributed by atoms with E-state index in [0.29, 0.717) is 0 Å². The van der Waals surface area contributed by atoms with Crippen LogP contribution in [-0.2, 0) is 10.8 Å². The van der Waals surface area contributed by atoms with Gasteiger partial charge in [0.1, 0.15) is 7.05 Å². The van der Waals surface area contributed by atoms with E-state index < -0.39 is 5.97 Å². The van der Waals surface area contributed by atoms with Crippen LogP contribution in [0.2, 0.25) is 0 Å². The number of carboxylic acids is 1. The molecule has 5 heteroatoms. The van der Waals surface area contributed by atoms with Gasteiger partial charge in [-0.3, -0.25) is 4.98 Å². The van der Waals surface area contributed by atoms with E-state index in [0.717, 1.165) is 11.3 Å². The van der Waals surface area contributed by atoms with E-state index in [1.807, 2.05) is 0 Å². The number of carbonyl (C=O) groups is 1. The number of anilines is 1. The third-order valence-electron chi connectivity index (χ3n) is 8.03. The molecule has 0 fully saturated rings. The topological polar surface area (TPSA) is 56.4 Å². The lowest BCUT2D eigenvalue weighted by molar-refractivity contribution is -0.401. The number of hydrogen-bond donors (Lipinski definition) is 1. The molecule has 1 aromatic heterocycles. The number of rotatable bonds is 5. The van der Waals surface area contributed by atoms with Crippen LogP contribution in [0.3, 0.4) is 0 Å². The van der Waals surface area contributed by atoms with Crippen LogP contribution in [-0.4, -0.2) is 40.4 Å². The Kier molecular flexibility index (Phi) is 6.18. The zero-order valence-electron chi connectivity index (χ0n) is 22.9. The molecule has 1 N–H and O–H groups in total. The molecule has 0 aliphatic carbocycles. The summed E-state index contributed by atoms with van der Waals surface area (Å²) in [5.41, 5.74) is 8.87. The molecule has 0 saturated carbocycles. The van der Waals surface area contributed by atoms with Crippen molar-refractivity contribution in [3.8, 4) is 0 Å². The molecule has 2 aliphatic heterocycles. The van der Waals surface area contributed by atoms with Crippen LogP contribution in [0.25, 0.3) is 5.57 Å². The lowest BCUT2D eigenvalue weighted by atomic mass is 9.81. The van der Waals surface area contributed by atoms with Gasteiger partial charge < -0.3 is 10.0 Å². The first-order valence-electron chi connectivity index (χ1n) is 12.9. The normalized spacial score (nSPS) is 18.8. The molecule has 0 amide bonds. The number of allylic oxidation sites excluding steroid dienone is 6. The van der Waals surface area contributed by atoms with Gasteiger partial charge in [-0.05, 0) is 49.8 Å². The van der Waals surface area contributed by atoms with Gasteiger partial charge in [-0.15, -0.1) is 0 Å². The smallest absolute Gasteiger partial charge is 0.337 e. The van der Waals surface area contributed by atoms with E-state index in [9.17, 15) is 9.90 Å². The maximum atomic E-state index is 11.4. The Bertz CT molecular complexity index is 1550. The van der Waals surface area contributed by atoms with Gasteiger partial charge in [0.05, 0.1) is 16.7 Å². The van der Waals surface area contributed by atoms with Crippen LogP contribution in [0.5, 0.6) is 0 Å². The van der Waals surface area contributed by atoms with Gasteiger partial charge in [-0.1, -0.05) is 56.3 Å². The highest BCUT2D eigenvalue weighted by molar-refractivity contribution is 6.04. The van der Waals surface area contributed by atoms with E-state index in [-0.39, 0.29) is 16.4 Å². The van der Waals surface area contributed by atoms with E-state index in [1.54, 1.807) is 12.1 Å². The fourth-order valence-corrected chi connectivity index (χ4v) is 5.86. The summed E-state index contributed by atoms with van der Waals surface area (Å²) in [7, 11) is 4.21. The quantitative estimate of drug-likeness (QED) is 0.309. The van der Waals surface area contributed by atoms with Gasteiger partial charge in [0, 0.05) is 53.3 Å². The molecule has 3 aromatic rings. The minimum atomic E-state index is -0.984. The van der Waals surface area contributed by atoms with Crippen molar-refractivity contribution in [1.82, 2.24) is 4.98 Å². The Hall–Kier alpha value is -4.25. The van der Waals surface area contributed by atoms with Crippen LogP contribution in [0.1, 0.15) is 54.9 Å². The molecule has 0 bridgehead atoms. The van der Waals surface area contributed by atoms with E-state index in [4.69, 9.17) is 0 Å². The van der Waals surface area contributed by atoms with Crippen molar-refractivity contribution in [1.29, 1.82) is 0 Å². The Morgan fingerprint density at radius 2 is 1.63 bits per heavy atom. The van der Waals surface area contributed by atoms with Crippen molar-refractivity contribution in [2.45, 2.75) is 38.5 Å². The summed E-state index contributed by atoms with van der Waals surface area (Å²) < 4.78 is 2.24. The zero-order valence-corrected chi connectivity index (χ0v) is 22.9. The second-order valence-electron chi connectivity index (χ2n) is 11.0. The van der Waals surface area contributed by atoms with Gasteiger partial charge in [0.2, 0.25) is 5.69 Å². The molecule has 5 nitrogen and oxygen atoms in total. The number of nitrogens with zero attached hydrogens (tertiary/aromatic N) is 3. The monoisotopic (exact) mass is 504 g/mol. The lowest BCUT2D eigenvalue weighted by Gasteiger charge is -2.23. The molecule has 3 heterocycles. The highest BCUT2D eigenvalue weighted by Gasteiger charge is 2.42. The number of pyridine rings is 1. The number of aromatic nitrogens is 1. The summed E-state index contributed by atoms with van der Waals surface area (Å²) in [6, 6.07) is 20.4. The Morgan fingerprint density at radius 3 is 2.26 bits per heavy atom. The fourth-order valence-electron chi connectivity index (χ4n) is 5.86. The Morgan fingerprint density at radius 1 is 0.947 bits per heavy atom. The summed E-state index contributed by atoms with van der Waals surface area (Å²) in [4.78, 5) is 18.2. The molecule has 0 saturated heterocycles. The van der Waals surface area contributed by atoms with Crippen LogP contribution in [0.4, 0.5) is 11.4 Å². The summed E-state index contributed by atoms with van der Waals surface area (Å²) in [6.45, 7) is 8.97. The van der Waals surface area contributed by atoms with Crippen LogP contribution >= 0.6 is 0 Å². The SMILES string of the molecule is CN1/C(=C/C=C(/C=C/C2=[N+](C)c3ccccc3C2(C)C)c2ccc(C(=O)O)cn2)C(C)(C)c2ccccc21. The number of carboxylic acid groups (broad SMARTS) is 1. The number of fused-ring (bicyclic) bond motifs is 2. The van der Waals surface area contributed by atoms with Gasteiger partial charge in [-0.2, -0.15) is 4.58 Å². The van der Waals surface area contributed by atoms with Crippen molar-refractivity contribution < 1.29 is 14.5 Å². The average Bonchev–Trinajstić information content (AvgIpc) is 3.22. The molecule has 0 atom stereocenters. The third-order valence-corrected chi connectivity index (χ3v) is 8.03. The number of para-hydroxylation sites is 2. The molecule has 192 valence electrons. The molecular formula is C33H34N3O2+. The minimum absolute atomic E-state index is 0.151. The molecule has 2 aromatic carbocycles. The van der Waals surface area contributed by atoms with E-state index in [2.05, 4.69) is 129 Å². The maximum Gasteiger partial charge on any atom is 0.337 e. The van der Waals surface area contributed by atoms with Crippen LogP contribution in [0.15, 0.2) is 96.9 Å². The lowest BCUT2D eigenvalue weighted by Crippen LogP contribution is -2.26. The van der Waals surface area contributed by atoms with Crippen LogP contribution < -0.4 is 4.90 Å². The third kappa shape index (κ3) is 4.08. The number of benzene rings is 2. The predicted octanol–water partition coefficient (Wildman–Crippen LogP) is 6.74. The van der Waals surface area contributed by atoms with Crippen molar-refractivity contribution in [2.24, 2.45) is 0 Å². The number of hydrogen-bond acceptors (Lipinski definition) is 3. The summed E-state index contributed by atoms with van der Waals surface area (Å²) in [5.74, 6) is -0.984. The van der Waals surface area contributed by atoms with E-state index in [1.165, 1.54) is 40.1 Å². The van der Waals surface area contributed by atoms with Crippen LogP contribution in [0, 0.1) is 0 Å². The van der Waals surface area contributed by atoms with Crippen molar-refractivity contribution in [2.75, 3.05) is 19.0 Å². The largest absolute Gasteiger partial charge is 0.478 e. The van der Waals surface area contributed by atoms with Crippen molar-refractivity contribution in [3.05, 3.63) is 119 Å². The van der Waals surface area contributed by atoms with E-state index >= 15 is 0 Å². The van der Waals surface area contributed by atoms with Gasteiger partial charge in [0.25, 0.3) is 0 Å². The minimum Gasteiger partial charge on any atom is -0.478 e. The highest BCUT2D eigenvalue weighted by Crippen LogP contribution is 2.46. The van der Waals surface area contributed by atoms with Crippen molar-refractivity contribution in [3.63, 3.8) is 0 Å². The molecule has 0 spiro atoms. The molecule has 0 unspecified atom stereocenters. The van der Waals surface area contributed by atoms with Gasteiger partial charge in [0.15, 0.2) is 5.71 Å². The molecule has 38 heavy (non-hydrogen) atoms. The fraction of sp³-hybridized carbons (Fsp3) is 0.242. The summed E-state index contributed by atoms with van der Waals surface area (Å²) in [5, 5.41) is 9.36. The molecule has 2 aliphatic rings. The van der Waals surface area contributed by atoms with Gasteiger partial charge >= 0.3 is 5.97 Å². The Balaban J connectivity index is 1.59. The first-order valence-corrected chi connectivity index (χ1v) is 12.9. The molecular weight excluding hydrogens is 470 g/mol.